The average Bonchev–Trinajstić information content (AvgIpc) is 3.06. The van der Waals surface area contributed by atoms with Crippen LogP contribution in [0.5, 0.6) is 0 Å². The Morgan fingerprint density at radius 3 is 2.58 bits per heavy atom. The second-order valence-corrected chi connectivity index (χ2v) is 13.1. The molecule has 3 nitrogen and oxygen atoms in total. The number of aliphatic hydroxyl groups is 1. The molecule has 8 atom stereocenters. The molecule has 0 aromatic carbocycles. The van der Waals surface area contributed by atoms with E-state index in [9.17, 15) is 9.90 Å². The molecule has 4 rings (SSSR count). The normalized spacial score (nSPS) is 43.2. The van der Waals surface area contributed by atoms with Crippen molar-refractivity contribution in [1.29, 1.82) is 0 Å². The first kappa shape index (κ1) is 24.8. The van der Waals surface area contributed by atoms with Gasteiger partial charge in [-0.15, -0.1) is 0 Å². The molecule has 0 heterocycles. The van der Waals surface area contributed by atoms with Crippen LogP contribution in [0, 0.1) is 45.8 Å². The third-order valence-corrected chi connectivity index (χ3v) is 11.1. The highest BCUT2D eigenvalue weighted by molar-refractivity contribution is 5.85. The van der Waals surface area contributed by atoms with Gasteiger partial charge in [-0.3, -0.25) is 0 Å². The van der Waals surface area contributed by atoms with Crippen molar-refractivity contribution in [2.45, 2.75) is 99.0 Å². The lowest BCUT2D eigenvalue weighted by Gasteiger charge is -2.58. The van der Waals surface area contributed by atoms with Gasteiger partial charge >= 0.3 is 5.97 Å². The van der Waals surface area contributed by atoms with E-state index in [2.05, 4.69) is 40.7 Å². The Balaban J connectivity index is 1.53. The molecular weight excluding hydrogens is 408 g/mol. The Bertz CT molecular complexity index is 879. The summed E-state index contributed by atoms with van der Waals surface area (Å²) in [6.07, 6.45) is 13.0. The van der Waals surface area contributed by atoms with E-state index in [1.54, 1.807) is 12.5 Å². The summed E-state index contributed by atoms with van der Waals surface area (Å²) >= 11 is 0. The van der Waals surface area contributed by atoms with Crippen LogP contribution < -0.4 is 0 Å². The number of hydrogen-bond donors (Lipinski definition) is 2. The maximum absolute atomic E-state index is 11.1. The van der Waals surface area contributed by atoms with Gasteiger partial charge in [-0.1, -0.05) is 64.5 Å². The molecule has 33 heavy (non-hydrogen) atoms. The fraction of sp³-hybridized carbons (Fsp3) is 0.767. The maximum Gasteiger partial charge on any atom is 0.330 e. The Morgan fingerprint density at radius 1 is 1.21 bits per heavy atom. The molecule has 184 valence electrons. The number of allylic oxidation sites excluding steroid dienone is 4. The van der Waals surface area contributed by atoms with Gasteiger partial charge in [0, 0.05) is 5.57 Å². The first-order valence-electron chi connectivity index (χ1n) is 13.3. The highest BCUT2D eigenvalue weighted by atomic mass is 16.4. The number of hydrogen-bond acceptors (Lipinski definition) is 2. The van der Waals surface area contributed by atoms with Crippen LogP contribution in [0.1, 0.15) is 92.9 Å². The lowest BCUT2D eigenvalue weighted by molar-refractivity contribution is -0.132. The number of fused-ring (bicyclic) bond motifs is 5. The number of carboxylic acids is 1. The minimum Gasteiger partial charge on any atom is -0.478 e. The summed E-state index contributed by atoms with van der Waals surface area (Å²) in [7, 11) is 0. The van der Waals surface area contributed by atoms with E-state index in [-0.39, 0.29) is 22.3 Å². The zero-order chi connectivity index (χ0) is 24.3. The van der Waals surface area contributed by atoms with Crippen molar-refractivity contribution in [3.8, 4) is 0 Å². The molecule has 0 amide bonds. The van der Waals surface area contributed by atoms with Crippen molar-refractivity contribution in [3.05, 3.63) is 35.5 Å². The number of rotatable bonds is 5. The minimum atomic E-state index is -0.812. The summed E-state index contributed by atoms with van der Waals surface area (Å²) in [6.45, 7) is 18.4. The van der Waals surface area contributed by atoms with Gasteiger partial charge in [0.25, 0.3) is 0 Å². The lowest BCUT2D eigenvalue weighted by Crippen LogP contribution is -2.54. The standard InChI is InChI=1S/C30H46O3/c1-18(9-8-10-19(2)27(32)33)21-13-15-29(6)22-11-12-25-28(4,5)26(31)14-16-30(25,7)24(22)17-23(29)20(21)3/h10-11,18,21,23-26,31H,3,8-9,12-17H2,1-2,4-7H3,(H,32,33)/b19-10-/t18-,21-,23?,24+,25+,26+,29+,30-/m1/s1. The van der Waals surface area contributed by atoms with E-state index in [1.807, 2.05) is 6.08 Å². The summed E-state index contributed by atoms with van der Waals surface area (Å²) in [5.41, 5.74) is 4.11. The van der Waals surface area contributed by atoms with Crippen molar-refractivity contribution in [3.63, 3.8) is 0 Å². The van der Waals surface area contributed by atoms with Crippen molar-refractivity contribution in [2.24, 2.45) is 45.8 Å². The van der Waals surface area contributed by atoms with Gasteiger partial charge in [0.05, 0.1) is 6.10 Å². The number of aliphatic carboxylic acids is 1. The molecule has 0 spiro atoms. The van der Waals surface area contributed by atoms with Crippen LogP contribution in [-0.4, -0.2) is 22.3 Å². The highest BCUT2D eigenvalue weighted by Crippen LogP contribution is 2.70. The SMILES string of the molecule is C=C1C2C[C@H]3C(=CC[C@H]4C(C)(C)[C@@H](O)CC[C@]34C)[C@]2(C)CC[C@@H]1[C@H](C)CC/C=C(/C)C(=O)O. The zero-order valence-electron chi connectivity index (χ0n) is 21.8. The van der Waals surface area contributed by atoms with Gasteiger partial charge < -0.3 is 10.2 Å². The molecule has 3 heteroatoms. The van der Waals surface area contributed by atoms with E-state index in [0.717, 1.165) is 32.1 Å². The predicted octanol–water partition coefficient (Wildman–Crippen LogP) is 7.18. The van der Waals surface area contributed by atoms with E-state index in [4.69, 9.17) is 11.7 Å². The van der Waals surface area contributed by atoms with Crippen LogP contribution in [0.25, 0.3) is 0 Å². The van der Waals surface area contributed by atoms with Crippen LogP contribution >= 0.6 is 0 Å². The molecule has 3 fully saturated rings. The van der Waals surface area contributed by atoms with Crippen molar-refractivity contribution in [2.75, 3.05) is 0 Å². The molecule has 0 aliphatic heterocycles. The van der Waals surface area contributed by atoms with E-state index < -0.39 is 5.97 Å². The van der Waals surface area contributed by atoms with Crippen LogP contribution in [0.3, 0.4) is 0 Å². The second kappa shape index (κ2) is 8.40. The first-order valence-corrected chi connectivity index (χ1v) is 13.3. The van der Waals surface area contributed by atoms with Crippen LogP contribution in [-0.2, 0) is 4.79 Å². The molecule has 0 aromatic heterocycles. The molecule has 2 N–H and O–H groups in total. The van der Waals surface area contributed by atoms with Crippen molar-refractivity contribution < 1.29 is 15.0 Å². The third-order valence-electron chi connectivity index (χ3n) is 11.1. The lowest BCUT2D eigenvalue weighted by atomic mass is 9.47. The van der Waals surface area contributed by atoms with Crippen molar-refractivity contribution in [1.82, 2.24) is 0 Å². The van der Waals surface area contributed by atoms with E-state index in [0.29, 0.717) is 35.2 Å². The van der Waals surface area contributed by atoms with Gasteiger partial charge in [0.15, 0.2) is 0 Å². The van der Waals surface area contributed by atoms with E-state index in [1.165, 1.54) is 24.8 Å². The third kappa shape index (κ3) is 3.77. The summed E-state index contributed by atoms with van der Waals surface area (Å²) in [5.74, 6) is 1.96. The van der Waals surface area contributed by atoms with Crippen LogP contribution in [0.4, 0.5) is 0 Å². The number of carbonyl (C=O) groups is 1. The molecule has 4 aliphatic rings. The monoisotopic (exact) mass is 454 g/mol. The van der Waals surface area contributed by atoms with Crippen LogP contribution in [0.15, 0.2) is 35.5 Å². The highest BCUT2D eigenvalue weighted by Gasteiger charge is 2.62. The second-order valence-electron chi connectivity index (χ2n) is 13.1. The summed E-state index contributed by atoms with van der Waals surface area (Å²) in [4.78, 5) is 11.1. The molecule has 0 radical (unpaired) electrons. The fourth-order valence-corrected chi connectivity index (χ4v) is 8.81. The fourth-order valence-electron chi connectivity index (χ4n) is 8.81. The molecule has 0 bridgehead atoms. The van der Waals surface area contributed by atoms with Crippen LogP contribution in [0.2, 0.25) is 0 Å². The summed E-state index contributed by atoms with van der Waals surface area (Å²) in [6, 6.07) is 0. The van der Waals surface area contributed by atoms with E-state index >= 15 is 0 Å². The smallest absolute Gasteiger partial charge is 0.330 e. The number of aliphatic hydroxyl groups excluding tert-OH is 1. The topological polar surface area (TPSA) is 57.5 Å². The minimum absolute atomic E-state index is 0.0284. The van der Waals surface area contributed by atoms with Gasteiger partial charge in [-0.25, -0.2) is 4.79 Å². The molecule has 4 aliphatic carbocycles. The molecule has 3 saturated carbocycles. The molecule has 0 saturated heterocycles. The summed E-state index contributed by atoms with van der Waals surface area (Å²) < 4.78 is 0. The quantitative estimate of drug-likeness (QED) is 0.342. The Hall–Kier alpha value is -1.35. The first-order chi connectivity index (χ1) is 15.3. The van der Waals surface area contributed by atoms with Crippen molar-refractivity contribution >= 4 is 5.97 Å². The predicted molar refractivity (Wildman–Crippen MR) is 135 cm³/mol. The van der Waals surface area contributed by atoms with Gasteiger partial charge in [0.2, 0.25) is 0 Å². The summed E-state index contributed by atoms with van der Waals surface area (Å²) in [5, 5.41) is 19.9. The number of carboxylic acid groups (broad SMARTS) is 1. The molecule has 1 unspecified atom stereocenters. The Labute approximate surface area is 201 Å². The molecule has 0 aromatic rings. The Kier molecular flexibility index (Phi) is 6.30. The maximum atomic E-state index is 11.1. The Morgan fingerprint density at radius 2 is 1.91 bits per heavy atom. The largest absolute Gasteiger partial charge is 0.478 e. The molecular formula is C30H46O3. The van der Waals surface area contributed by atoms with Gasteiger partial charge in [0.1, 0.15) is 0 Å². The zero-order valence-corrected chi connectivity index (χ0v) is 21.8. The van der Waals surface area contributed by atoms with Gasteiger partial charge in [-0.2, -0.15) is 0 Å². The van der Waals surface area contributed by atoms with Gasteiger partial charge in [-0.05, 0) is 104 Å². The average molecular weight is 455 g/mol.